The zero-order valence-electron chi connectivity index (χ0n) is 56.1. The quantitative estimate of drug-likeness (QED) is 0.193. The van der Waals surface area contributed by atoms with E-state index in [0.717, 1.165) is 167 Å². The first kappa shape index (κ1) is 59.6. The molecule has 14 unspecified atom stereocenters. The van der Waals surface area contributed by atoms with E-state index in [1.165, 1.54) is 128 Å². The van der Waals surface area contributed by atoms with Crippen molar-refractivity contribution in [1.82, 2.24) is 19.6 Å². The van der Waals surface area contributed by atoms with Crippen molar-refractivity contribution in [3.05, 3.63) is 0 Å². The van der Waals surface area contributed by atoms with Crippen LogP contribution in [0.25, 0.3) is 0 Å². The molecule has 86 heavy (non-hydrogen) atoms. The molecule has 2 heterocycles. The van der Waals surface area contributed by atoms with Crippen molar-refractivity contribution < 1.29 is 0 Å². The molecule has 14 atom stereocenters. The second-order valence-electron chi connectivity index (χ2n) is 36.9. The minimum atomic E-state index is 0.931. The highest BCUT2D eigenvalue weighted by Gasteiger charge is 2.65. The molecule has 0 amide bonds. The Kier molecular flexibility index (Phi) is 18.4. The summed E-state index contributed by atoms with van der Waals surface area (Å²) in [4.78, 5) is 13.7. The highest BCUT2D eigenvalue weighted by atomic mass is 15.3. The molecule has 15 saturated carbocycles. The zero-order valence-corrected chi connectivity index (χ0v) is 56.1. The summed E-state index contributed by atoms with van der Waals surface area (Å²) < 4.78 is 0. The van der Waals surface area contributed by atoms with Crippen molar-refractivity contribution in [2.45, 2.75) is 419 Å². The van der Waals surface area contributed by atoms with Crippen LogP contribution in [0.3, 0.4) is 0 Å². The SMILES string of the molecule is C1CCC(N(C2CCCCC2)C2CCC(C3CC(C4CCC5C(C4)C4CCCCC4N5C4C5CCCCC5C(N5C6CCCCC6C6CC(C7CC(C8CCC(N(C9CCCCC9)C9CCCCC9)CC8)C7)CCC65)C5CCCCC54)C3)CC2)CC1. The van der Waals surface area contributed by atoms with Crippen molar-refractivity contribution in [3.63, 3.8) is 0 Å². The summed E-state index contributed by atoms with van der Waals surface area (Å²) in [7, 11) is 0. The largest absolute Gasteiger partial charge is 0.294 e. The Hall–Kier alpha value is -0.160. The average Bonchev–Trinajstić information content (AvgIpc) is 1.94. The maximum absolute atomic E-state index is 3.61. The molecule has 15 aliphatic carbocycles. The van der Waals surface area contributed by atoms with Gasteiger partial charge in [-0.2, -0.15) is 0 Å². The molecule has 17 fully saturated rings. The van der Waals surface area contributed by atoms with Crippen LogP contribution in [0.1, 0.15) is 347 Å². The topological polar surface area (TPSA) is 13.0 Å². The van der Waals surface area contributed by atoms with Gasteiger partial charge in [0.25, 0.3) is 0 Å². The Morgan fingerprint density at radius 3 is 0.733 bits per heavy atom. The molecule has 0 bridgehead atoms. The molecular weight excluding hydrogens is 1040 g/mol. The van der Waals surface area contributed by atoms with Crippen molar-refractivity contribution in [2.75, 3.05) is 0 Å². The second-order valence-corrected chi connectivity index (χ2v) is 36.9. The van der Waals surface area contributed by atoms with Crippen LogP contribution in [0.15, 0.2) is 0 Å². The fourth-order valence-corrected chi connectivity index (χ4v) is 30.0. The van der Waals surface area contributed by atoms with E-state index in [0.29, 0.717) is 0 Å². The highest BCUT2D eigenvalue weighted by Crippen LogP contribution is 2.64. The molecule has 17 aliphatic rings. The van der Waals surface area contributed by atoms with E-state index < -0.39 is 0 Å². The fraction of sp³-hybridized carbons (Fsp3) is 1.00. The zero-order chi connectivity index (χ0) is 56.7. The van der Waals surface area contributed by atoms with Crippen LogP contribution in [-0.2, 0) is 0 Å². The van der Waals surface area contributed by atoms with E-state index in [1.807, 2.05) is 0 Å². The summed E-state index contributed by atoms with van der Waals surface area (Å²) in [5.41, 5.74) is 0. The third-order valence-electron chi connectivity index (χ3n) is 33.6. The molecule has 0 aromatic rings. The second kappa shape index (κ2) is 26.6. The third kappa shape index (κ3) is 11.3. The summed E-state index contributed by atoms with van der Waals surface area (Å²) in [6.07, 6.45) is 84.4. The molecule has 0 spiro atoms. The summed E-state index contributed by atoms with van der Waals surface area (Å²) in [6, 6.07) is 11.3. The normalized spacial score (nSPS) is 49.6. The van der Waals surface area contributed by atoms with Crippen LogP contribution in [0.2, 0.25) is 0 Å². The maximum Gasteiger partial charge on any atom is 0.0164 e. The smallest absolute Gasteiger partial charge is 0.0164 e. The van der Waals surface area contributed by atoms with Gasteiger partial charge >= 0.3 is 0 Å². The summed E-state index contributed by atoms with van der Waals surface area (Å²) in [5, 5.41) is 0. The molecule has 0 aromatic carbocycles. The van der Waals surface area contributed by atoms with Crippen molar-refractivity contribution >= 4 is 0 Å². The van der Waals surface area contributed by atoms with Gasteiger partial charge in [0, 0.05) is 72.5 Å². The van der Waals surface area contributed by atoms with Gasteiger partial charge in [0.1, 0.15) is 0 Å². The van der Waals surface area contributed by atoms with Gasteiger partial charge < -0.3 is 0 Å². The Morgan fingerprint density at radius 1 is 0.163 bits per heavy atom. The fourth-order valence-electron chi connectivity index (χ4n) is 30.0. The Balaban J connectivity index is 0.544. The molecule has 0 radical (unpaired) electrons. The van der Waals surface area contributed by atoms with Crippen molar-refractivity contribution in [3.8, 4) is 0 Å². The molecule has 4 nitrogen and oxygen atoms in total. The summed E-state index contributed by atoms with van der Waals surface area (Å²) in [6.45, 7) is 0. The van der Waals surface area contributed by atoms with Gasteiger partial charge in [0.2, 0.25) is 0 Å². The number of likely N-dealkylation sites (tertiary alicyclic amines) is 2. The number of nitrogens with zero attached hydrogens (tertiary/aromatic N) is 4. The number of rotatable bonds is 12. The van der Waals surface area contributed by atoms with Crippen molar-refractivity contribution in [2.24, 2.45) is 94.7 Å². The van der Waals surface area contributed by atoms with Crippen LogP contribution in [0.5, 0.6) is 0 Å². The van der Waals surface area contributed by atoms with E-state index in [1.54, 1.807) is 218 Å². The third-order valence-corrected chi connectivity index (χ3v) is 33.6. The molecule has 0 N–H and O–H groups in total. The monoisotopic (exact) mass is 1180 g/mol. The predicted molar refractivity (Wildman–Crippen MR) is 358 cm³/mol. The summed E-state index contributed by atoms with van der Waals surface area (Å²) >= 11 is 0. The first-order chi connectivity index (χ1) is 42.7. The van der Waals surface area contributed by atoms with Crippen LogP contribution in [0.4, 0.5) is 0 Å². The predicted octanol–water partition coefficient (Wildman–Crippen LogP) is 20.8. The van der Waals surface area contributed by atoms with Crippen LogP contribution >= 0.6 is 0 Å². The van der Waals surface area contributed by atoms with Gasteiger partial charge in [-0.05, 0) is 313 Å². The lowest BCUT2D eigenvalue weighted by molar-refractivity contribution is -0.134. The lowest BCUT2D eigenvalue weighted by Crippen LogP contribution is -2.67. The molecule has 0 aromatic heterocycles. The van der Waals surface area contributed by atoms with Gasteiger partial charge in [0.15, 0.2) is 0 Å². The Labute approximate surface area is 530 Å². The molecular formula is C82H136N4. The van der Waals surface area contributed by atoms with Gasteiger partial charge in [-0.3, -0.25) is 19.6 Å². The molecule has 2 saturated heterocycles. The minimum Gasteiger partial charge on any atom is -0.294 e. The van der Waals surface area contributed by atoms with E-state index in [9.17, 15) is 0 Å². The molecule has 484 valence electrons. The van der Waals surface area contributed by atoms with Gasteiger partial charge in [0.05, 0.1) is 0 Å². The molecule has 2 aliphatic heterocycles. The van der Waals surface area contributed by atoms with Crippen molar-refractivity contribution in [1.29, 1.82) is 0 Å². The van der Waals surface area contributed by atoms with Crippen LogP contribution in [-0.4, -0.2) is 92.1 Å². The standard InChI is InChI=1S/C82H136N4/c1-5-21-63(22-6-1)83(64-23-7-2-8-24-64)67-43-37-55(38-44-67)59-49-61(50-59)57-41-47-79-75(53-57)69-29-17-19-35-77(69)85(79)81-71-31-13-15-33-73(71)82(74-34-16-14-32-72(74)81)86-78-36-20-18-30-70(78)76-54-58(42-48-80(76)86)62-51-60(52-62)56-39-45-68(46-40-56)84(65-25-9-3-10-26-65)66-27-11-4-12-28-66/h55-82H,1-54H2. The Morgan fingerprint density at radius 2 is 0.407 bits per heavy atom. The molecule has 17 rings (SSSR count). The lowest BCUT2D eigenvalue weighted by Gasteiger charge is -2.63. The van der Waals surface area contributed by atoms with Crippen LogP contribution < -0.4 is 0 Å². The van der Waals surface area contributed by atoms with E-state index in [4.69, 9.17) is 0 Å². The number of hydrogen-bond donors (Lipinski definition) is 0. The highest BCUT2D eigenvalue weighted by molar-refractivity contribution is 5.17. The van der Waals surface area contributed by atoms with E-state index in [-0.39, 0.29) is 0 Å². The van der Waals surface area contributed by atoms with Crippen LogP contribution in [0, 0.1) is 94.7 Å². The Bertz CT molecular complexity index is 1930. The van der Waals surface area contributed by atoms with E-state index >= 15 is 0 Å². The number of hydrogen-bond acceptors (Lipinski definition) is 4. The van der Waals surface area contributed by atoms with E-state index in [2.05, 4.69) is 19.6 Å². The average molecular weight is 1180 g/mol. The first-order valence-corrected chi connectivity index (χ1v) is 41.8. The minimum absolute atomic E-state index is 0.931. The first-order valence-electron chi connectivity index (χ1n) is 41.8. The lowest BCUT2D eigenvalue weighted by atomic mass is 9.53. The number of fused-ring (bicyclic) bond motifs is 8. The van der Waals surface area contributed by atoms with Gasteiger partial charge in [-0.25, -0.2) is 0 Å². The van der Waals surface area contributed by atoms with Gasteiger partial charge in [-0.1, -0.05) is 128 Å². The maximum atomic E-state index is 3.61. The van der Waals surface area contributed by atoms with Gasteiger partial charge in [-0.15, -0.1) is 0 Å². The molecule has 4 heteroatoms. The summed E-state index contributed by atoms with van der Waals surface area (Å²) in [5.74, 6) is 16.9.